The molecule has 0 spiro atoms. The zero-order valence-electron chi connectivity index (χ0n) is 10.5. The van der Waals surface area contributed by atoms with Crippen molar-refractivity contribution in [2.75, 3.05) is 6.61 Å². The van der Waals surface area contributed by atoms with Crippen LogP contribution in [0.25, 0.3) is 6.08 Å². The van der Waals surface area contributed by atoms with Gasteiger partial charge in [-0.3, -0.25) is 4.79 Å². The first-order valence-corrected chi connectivity index (χ1v) is 6.36. The molecule has 0 aromatic heterocycles. The molecular weight excluding hydrogens is 236 g/mol. The highest BCUT2D eigenvalue weighted by Crippen LogP contribution is 2.26. The average Bonchev–Trinajstić information content (AvgIpc) is 2.93. The third-order valence-corrected chi connectivity index (χ3v) is 3.20. The summed E-state index contributed by atoms with van der Waals surface area (Å²) < 4.78 is 5.43. The van der Waals surface area contributed by atoms with Crippen LogP contribution in [0.3, 0.4) is 0 Å². The van der Waals surface area contributed by atoms with Crippen molar-refractivity contribution in [1.29, 1.82) is 0 Å². The lowest BCUT2D eigenvalue weighted by Gasteiger charge is -2.00. The Bertz CT molecular complexity index is 627. The van der Waals surface area contributed by atoms with Crippen LogP contribution in [-0.2, 0) is 6.42 Å². The molecular formula is C17H14O2. The molecule has 1 aliphatic heterocycles. The number of allylic oxidation sites excluding steroid dienone is 1. The summed E-state index contributed by atoms with van der Waals surface area (Å²) in [5.41, 5.74) is 2.87. The van der Waals surface area contributed by atoms with E-state index in [9.17, 15) is 4.79 Å². The predicted molar refractivity (Wildman–Crippen MR) is 75.4 cm³/mol. The molecule has 1 aliphatic rings. The van der Waals surface area contributed by atoms with Crippen LogP contribution in [0.1, 0.15) is 21.5 Å². The Hall–Kier alpha value is -2.35. The van der Waals surface area contributed by atoms with E-state index in [4.69, 9.17) is 4.74 Å². The summed E-state index contributed by atoms with van der Waals surface area (Å²) in [5, 5.41) is 0. The van der Waals surface area contributed by atoms with Crippen molar-refractivity contribution in [1.82, 2.24) is 0 Å². The largest absolute Gasteiger partial charge is 0.493 e. The highest BCUT2D eigenvalue weighted by atomic mass is 16.5. The van der Waals surface area contributed by atoms with E-state index in [0.29, 0.717) is 6.61 Å². The lowest BCUT2D eigenvalue weighted by atomic mass is 10.0. The van der Waals surface area contributed by atoms with Gasteiger partial charge in [-0.2, -0.15) is 0 Å². The van der Waals surface area contributed by atoms with Crippen LogP contribution >= 0.6 is 0 Å². The first-order chi connectivity index (χ1) is 9.33. The van der Waals surface area contributed by atoms with Crippen molar-refractivity contribution in [3.8, 4) is 5.75 Å². The van der Waals surface area contributed by atoms with Crippen LogP contribution in [0.15, 0.2) is 54.6 Å². The van der Waals surface area contributed by atoms with Gasteiger partial charge in [0.2, 0.25) is 0 Å². The number of benzene rings is 2. The van der Waals surface area contributed by atoms with Gasteiger partial charge in [-0.15, -0.1) is 0 Å². The van der Waals surface area contributed by atoms with Crippen LogP contribution in [0.5, 0.6) is 5.75 Å². The maximum Gasteiger partial charge on any atom is 0.185 e. The van der Waals surface area contributed by atoms with E-state index in [0.717, 1.165) is 28.9 Å². The van der Waals surface area contributed by atoms with Gasteiger partial charge in [0.25, 0.3) is 0 Å². The first kappa shape index (κ1) is 11.7. The van der Waals surface area contributed by atoms with E-state index >= 15 is 0 Å². The van der Waals surface area contributed by atoms with Crippen LogP contribution in [0.2, 0.25) is 0 Å². The van der Waals surface area contributed by atoms with E-state index in [-0.39, 0.29) is 5.78 Å². The summed E-state index contributed by atoms with van der Waals surface area (Å²) >= 11 is 0. The van der Waals surface area contributed by atoms with Gasteiger partial charge >= 0.3 is 0 Å². The van der Waals surface area contributed by atoms with Crippen LogP contribution in [0, 0.1) is 0 Å². The fourth-order valence-electron chi connectivity index (χ4n) is 2.17. The Morgan fingerprint density at radius 1 is 1.11 bits per heavy atom. The van der Waals surface area contributed by atoms with Crippen LogP contribution < -0.4 is 4.74 Å². The number of carbonyl (C=O) groups excluding carboxylic acids is 1. The van der Waals surface area contributed by atoms with E-state index in [1.807, 2.05) is 54.6 Å². The van der Waals surface area contributed by atoms with Crippen LogP contribution in [-0.4, -0.2) is 12.4 Å². The maximum absolute atomic E-state index is 12.1. The number of hydrogen-bond donors (Lipinski definition) is 0. The topological polar surface area (TPSA) is 26.3 Å². The Labute approximate surface area is 112 Å². The Morgan fingerprint density at radius 3 is 2.79 bits per heavy atom. The van der Waals surface area contributed by atoms with Crippen molar-refractivity contribution in [2.24, 2.45) is 0 Å². The van der Waals surface area contributed by atoms with E-state index in [2.05, 4.69) is 0 Å². The highest BCUT2D eigenvalue weighted by Gasteiger charge is 2.13. The normalized spacial score (nSPS) is 13.3. The minimum Gasteiger partial charge on any atom is -0.493 e. The van der Waals surface area contributed by atoms with Gasteiger partial charge in [0.1, 0.15) is 5.75 Å². The summed E-state index contributed by atoms with van der Waals surface area (Å²) in [4.78, 5) is 12.1. The molecule has 0 N–H and O–H groups in total. The van der Waals surface area contributed by atoms with Gasteiger partial charge < -0.3 is 4.74 Å². The lowest BCUT2D eigenvalue weighted by molar-refractivity contribution is 0.104. The molecule has 0 amide bonds. The standard InChI is InChI=1S/C17H14O2/c18-16(8-6-13-4-2-1-3-5-13)14-7-9-17-15(12-14)10-11-19-17/h1-9,12H,10-11H2/b8-6+. The van der Waals surface area contributed by atoms with Crippen molar-refractivity contribution in [2.45, 2.75) is 6.42 Å². The van der Waals surface area contributed by atoms with Gasteiger partial charge in [-0.1, -0.05) is 36.4 Å². The maximum atomic E-state index is 12.1. The molecule has 94 valence electrons. The molecule has 3 rings (SSSR count). The molecule has 0 radical (unpaired) electrons. The molecule has 0 saturated carbocycles. The lowest BCUT2D eigenvalue weighted by Crippen LogP contribution is -1.94. The molecule has 2 aromatic rings. The smallest absolute Gasteiger partial charge is 0.185 e. The molecule has 0 unspecified atom stereocenters. The van der Waals surface area contributed by atoms with E-state index in [1.165, 1.54) is 0 Å². The van der Waals surface area contributed by atoms with Gasteiger partial charge in [0, 0.05) is 12.0 Å². The summed E-state index contributed by atoms with van der Waals surface area (Å²) in [5.74, 6) is 0.933. The molecule has 1 heterocycles. The minimum absolute atomic E-state index is 0.0264. The number of rotatable bonds is 3. The molecule has 2 nitrogen and oxygen atoms in total. The predicted octanol–water partition coefficient (Wildman–Crippen LogP) is 3.52. The summed E-state index contributed by atoms with van der Waals surface area (Å²) in [6, 6.07) is 15.4. The fourth-order valence-corrected chi connectivity index (χ4v) is 2.17. The van der Waals surface area contributed by atoms with Crippen molar-refractivity contribution in [3.05, 3.63) is 71.3 Å². The second-order valence-electron chi connectivity index (χ2n) is 4.53. The summed E-state index contributed by atoms with van der Waals surface area (Å²) in [6.07, 6.45) is 4.35. The van der Waals surface area contributed by atoms with Gasteiger partial charge in [0.15, 0.2) is 5.78 Å². The molecule has 0 bridgehead atoms. The molecule has 19 heavy (non-hydrogen) atoms. The average molecular weight is 250 g/mol. The zero-order valence-corrected chi connectivity index (χ0v) is 10.5. The number of carbonyl (C=O) groups is 1. The Balaban J connectivity index is 1.79. The third kappa shape index (κ3) is 2.58. The Kier molecular flexibility index (Phi) is 3.15. The Morgan fingerprint density at radius 2 is 1.95 bits per heavy atom. The monoisotopic (exact) mass is 250 g/mol. The summed E-state index contributed by atoms with van der Waals surface area (Å²) in [7, 11) is 0. The third-order valence-electron chi connectivity index (χ3n) is 3.20. The van der Waals surface area contributed by atoms with Crippen LogP contribution in [0.4, 0.5) is 0 Å². The molecule has 2 aromatic carbocycles. The van der Waals surface area contributed by atoms with Crippen molar-refractivity contribution in [3.63, 3.8) is 0 Å². The molecule has 0 fully saturated rings. The number of fused-ring (bicyclic) bond motifs is 1. The quantitative estimate of drug-likeness (QED) is 0.615. The van der Waals surface area contributed by atoms with E-state index in [1.54, 1.807) is 6.08 Å². The molecule has 2 heteroatoms. The van der Waals surface area contributed by atoms with E-state index < -0.39 is 0 Å². The number of ether oxygens (including phenoxy) is 1. The molecule has 0 atom stereocenters. The highest BCUT2D eigenvalue weighted by molar-refractivity contribution is 6.07. The van der Waals surface area contributed by atoms with Gasteiger partial charge in [-0.05, 0) is 35.4 Å². The fraction of sp³-hybridized carbons (Fsp3) is 0.118. The molecule has 0 saturated heterocycles. The van der Waals surface area contributed by atoms with Crippen molar-refractivity contribution >= 4 is 11.9 Å². The number of hydrogen-bond acceptors (Lipinski definition) is 2. The minimum atomic E-state index is 0.0264. The first-order valence-electron chi connectivity index (χ1n) is 6.36. The second kappa shape index (κ2) is 5.11. The molecule has 0 aliphatic carbocycles. The van der Waals surface area contributed by atoms with Crippen molar-refractivity contribution < 1.29 is 9.53 Å². The van der Waals surface area contributed by atoms with Gasteiger partial charge in [0.05, 0.1) is 6.61 Å². The summed E-state index contributed by atoms with van der Waals surface area (Å²) in [6.45, 7) is 0.715. The SMILES string of the molecule is O=C(/C=C/c1ccccc1)c1ccc2c(c1)CCO2. The van der Waals surface area contributed by atoms with Gasteiger partial charge in [-0.25, -0.2) is 0 Å². The second-order valence-corrected chi connectivity index (χ2v) is 4.53. The zero-order chi connectivity index (χ0) is 13.1. The number of ketones is 1.